The molecule has 0 bridgehead atoms. The molecule has 0 spiro atoms. The van der Waals surface area contributed by atoms with Crippen LogP contribution in [0.15, 0.2) is 0 Å². The van der Waals surface area contributed by atoms with Gasteiger partial charge in [0.25, 0.3) is 0 Å². The number of morpholine rings is 1. The van der Waals surface area contributed by atoms with Crippen LogP contribution < -0.4 is 5.32 Å². The zero-order valence-electron chi connectivity index (χ0n) is 13.7. The highest BCUT2D eigenvalue weighted by atomic mass is 16.5. The Bertz CT molecular complexity index is 235. The molecule has 0 saturated carbocycles. The van der Waals surface area contributed by atoms with E-state index in [2.05, 4.69) is 44.8 Å². The molecule has 1 aliphatic rings. The summed E-state index contributed by atoms with van der Waals surface area (Å²) in [5.41, 5.74) is 0.408. The summed E-state index contributed by atoms with van der Waals surface area (Å²) >= 11 is 0. The van der Waals surface area contributed by atoms with Crippen LogP contribution in [0.5, 0.6) is 0 Å². The second kappa shape index (κ2) is 8.23. The zero-order valence-corrected chi connectivity index (χ0v) is 13.7. The second-order valence-electron chi connectivity index (χ2n) is 6.97. The SMILES string of the molecule is CCCN1CCOC(C(CCC(C)(C)C)NCC)C1. The van der Waals surface area contributed by atoms with Crippen molar-refractivity contribution in [1.29, 1.82) is 0 Å². The highest BCUT2D eigenvalue weighted by Gasteiger charge is 2.28. The Kier molecular flexibility index (Phi) is 7.33. The van der Waals surface area contributed by atoms with E-state index in [0.29, 0.717) is 17.6 Å². The van der Waals surface area contributed by atoms with E-state index in [9.17, 15) is 0 Å². The first kappa shape index (κ1) is 16.9. The highest BCUT2D eigenvalue weighted by molar-refractivity contribution is 4.84. The molecule has 0 radical (unpaired) electrons. The minimum absolute atomic E-state index is 0.364. The maximum Gasteiger partial charge on any atom is 0.0855 e. The van der Waals surface area contributed by atoms with Gasteiger partial charge in [0.1, 0.15) is 0 Å². The van der Waals surface area contributed by atoms with E-state index in [-0.39, 0.29) is 0 Å². The van der Waals surface area contributed by atoms with Gasteiger partial charge in [-0.25, -0.2) is 0 Å². The molecule has 1 heterocycles. The van der Waals surface area contributed by atoms with Crippen LogP contribution in [0, 0.1) is 5.41 Å². The van der Waals surface area contributed by atoms with Gasteiger partial charge in [-0.15, -0.1) is 0 Å². The Balaban J connectivity index is 2.49. The van der Waals surface area contributed by atoms with Gasteiger partial charge in [-0.05, 0) is 37.8 Å². The third kappa shape index (κ3) is 6.73. The van der Waals surface area contributed by atoms with Gasteiger partial charge in [0.15, 0.2) is 0 Å². The molecule has 0 amide bonds. The Morgan fingerprint density at radius 2 is 2.05 bits per heavy atom. The molecule has 0 aromatic rings. The molecule has 1 N–H and O–H groups in total. The van der Waals surface area contributed by atoms with Crippen molar-refractivity contribution in [2.24, 2.45) is 5.41 Å². The number of hydrogen-bond acceptors (Lipinski definition) is 3. The summed E-state index contributed by atoms with van der Waals surface area (Å²) in [6.07, 6.45) is 4.06. The fourth-order valence-corrected chi connectivity index (χ4v) is 2.76. The molecule has 19 heavy (non-hydrogen) atoms. The number of ether oxygens (including phenoxy) is 1. The minimum atomic E-state index is 0.364. The summed E-state index contributed by atoms with van der Waals surface area (Å²) in [5.74, 6) is 0. The predicted molar refractivity (Wildman–Crippen MR) is 82.6 cm³/mol. The van der Waals surface area contributed by atoms with Crippen LogP contribution in [-0.2, 0) is 4.74 Å². The van der Waals surface area contributed by atoms with E-state index in [4.69, 9.17) is 4.74 Å². The number of hydrogen-bond donors (Lipinski definition) is 1. The zero-order chi connectivity index (χ0) is 14.3. The summed E-state index contributed by atoms with van der Waals surface area (Å²) in [7, 11) is 0. The molecule has 1 rings (SSSR count). The molecule has 1 aliphatic heterocycles. The van der Waals surface area contributed by atoms with Crippen LogP contribution in [-0.4, -0.2) is 49.8 Å². The van der Waals surface area contributed by atoms with E-state index >= 15 is 0 Å². The lowest BCUT2D eigenvalue weighted by atomic mass is 9.87. The lowest BCUT2D eigenvalue weighted by molar-refractivity contribution is -0.0486. The van der Waals surface area contributed by atoms with E-state index in [0.717, 1.165) is 26.2 Å². The molecule has 2 unspecified atom stereocenters. The number of nitrogens with zero attached hydrogens (tertiary/aromatic N) is 1. The van der Waals surface area contributed by atoms with Crippen LogP contribution in [0.1, 0.15) is 53.9 Å². The molecular formula is C16H34N2O. The molecule has 3 heteroatoms. The molecule has 1 fully saturated rings. The van der Waals surface area contributed by atoms with Crippen LogP contribution in [0.3, 0.4) is 0 Å². The summed E-state index contributed by atoms with van der Waals surface area (Å²) in [4.78, 5) is 2.55. The Hall–Kier alpha value is -0.120. The monoisotopic (exact) mass is 270 g/mol. The van der Waals surface area contributed by atoms with Gasteiger partial charge >= 0.3 is 0 Å². The van der Waals surface area contributed by atoms with Gasteiger partial charge in [-0.1, -0.05) is 34.6 Å². The molecule has 1 saturated heterocycles. The van der Waals surface area contributed by atoms with Crippen LogP contribution in [0.2, 0.25) is 0 Å². The lowest BCUT2D eigenvalue weighted by Crippen LogP contribution is -2.52. The van der Waals surface area contributed by atoms with Gasteiger partial charge in [0.2, 0.25) is 0 Å². The quantitative estimate of drug-likeness (QED) is 0.770. The predicted octanol–water partition coefficient (Wildman–Crippen LogP) is 2.90. The fraction of sp³-hybridized carbons (Fsp3) is 1.00. The number of likely N-dealkylation sites (N-methyl/N-ethyl adjacent to an activating group) is 1. The molecular weight excluding hydrogens is 236 g/mol. The average Bonchev–Trinajstić information content (AvgIpc) is 2.34. The van der Waals surface area contributed by atoms with Gasteiger partial charge in [0, 0.05) is 19.1 Å². The number of rotatable bonds is 7. The summed E-state index contributed by atoms with van der Waals surface area (Å²) in [6, 6.07) is 0.504. The van der Waals surface area contributed by atoms with Crippen LogP contribution >= 0.6 is 0 Å². The third-order valence-electron chi connectivity index (χ3n) is 3.84. The van der Waals surface area contributed by atoms with Crippen molar-refractivity contribution in [3.8, 4) is 0 Å². The van der Waals surface area contributed by atoms with Crippen LogP contribution in [0.4, 0.5) is 0 Å². The number of nitrogens with one attached hydrogen (secondary N) is 1. The molecule has 0 aliphatic carbocycles. The van der Waals surface area contributed by atoms with E-state index in [1.807, 2.05) is 0 Å². The van der Waals surface area contributed by atoms with Gasteiger partial charge < -0.3 is 10.1 Å². The molecule has 3 nitrogen and oxygen atoms in total. The highest BCUT2D eigenvalue weighted by Crippen LogP contribution is 2.23. The maximum atomic E-state index is 6.03. The molecule has 114 valence electrons. The summed E-state index contributed by atoms with van der Waals surface area (Å²) in [5, 5.41) is 3.64. The van der Waals surface area contributed by atoms with Crippen molar-refractivity contribution in [1.82, 2.24) is 10.2 Å². The van der Waals surface area contributed by atoms with E-state index in [1.54, 1.807) is 0 Å². The van der Waals surface area contributed by atoms with Crippen molar-refractivity contribution in [2.45, 2.75) is 66.0 Å². The first-order valence-corrected chi connectivity index (χ1v) is 8.03. The molecule has 0 aromatic carbocycles. The molecule has 0 aromatic heterocycles. The standard InChI is InChI=1S/C16H34N2O/c1-6-10-18-11-12-19-15(13-18)14(17-7-2)8-9-16(3,4)5/h14-15,17H,6-13H2,1-5H3. The largest absolute Gasteiger partial charge is 0.374 e. The van der Waals surface area contributed by atoms with Gasteiger partial charge in [-0.3, -0.25) is 4.90 Å². The smallest absolute Gasteiger partial charge is 0.0855 e. The summed E-state index contributed by atoms with van der Waals surface area (Å²) < 4.78 is 6.03. The lowest BCUT2D eigenvalue weighted by Gasteiger charge is -2.38. The second-order valence-corrected chi connectivity index (χ2v) is 6.97. The third-order valence-corrected chi connectivity index (χ3v) is 3.84. The Morgan fingerprint density at radius 3 is 2.63 bits per heavy atom. The minimum Gasteiger partial charge on any atom is -0.374 e. The van der Waals surface area contributed by atoms with Crippen molar-refractivity contribution in [2.75, 3.05) is 32.8 Å². The first-order valence-electron chi connectivity index (χ1n) is 8.03. The fourth-order valence-electron chi connectivity index (χ4n) is 2.76. The van der Waals surface area contributed by atoms with Gasteiger partial charge in [0.05, 0.1) is 12.7 Å². The maximum absolute atomic E-state index is 6.03. The van der Waals surface area contributed by atoms with Crippen molar-refractivity contribution in [3.63, 3.8) is 0 Å². The van der Waals surface area contributed by atoms with Crippen molar-refractivity contribution < 1.29 is 4.74 Å². The summed E-state index contributed by atoms with van der Waals surface area (Å²) in [6.45, 7) is 16.7. The topological polar surface area (TPSA) is 24.5 Å². The Labute approximate surface area is 120 Å². The van der Waals surface area contributed by atoms with Crippen molar-refractivity contribution >= 4 is 0 Å². The van der Waals surface area contributed by atoms with Gasteiger partial charge in [-0.2, -0.15) is 0 Å². The first-order chi connectivity index (χ1) is 8.96. The van der Waals surface area contributed by atoms with E-state index in [1.165, 1.54) is 25.8 Å². The van der Waals surface area contributed by atoms with E-state index < -0.39 is 0 Å². The van der Waals surface area contributed by atoms with Crippen LogP contribution in [0.25, 0.3) is 0 Å². The Morgan fingerprint density at radius 1 is 1.32 bits per heavy atom. The molecule has 2 atom stereocenters. The van der Waals surface area contributed by atoms with Crippen molar-refractivity contribution in [3.05, 3.63) is 0 Å². The normalized spacial score (nSPS) is 23.5. The average molecular weight is 270 g/mol.